The van der Waals surface area contributed by atoms with E-state index in [0.717, 1.165) is 19.3 Å². The van der Waals surface area contributed by atoms with E-state index in [2.05, 4.69) is 6.92 Å². The highest BCUT2D eigenvalue weighted by molar-refractivity contribution is 6.36. The summed E-state index contributed by atoms with van der Waals surface area (Å²) in [5, 5.41) is 0.870. The highest BCUT2D eigenvalue weighted by Gasteiger charge is 2.25. The lowest BCUT2D eigenvalue weighted by Crippen LogP contribution is -2.50. The molecule has 2 rings (SSSR count). The molecule has 2 amide bonds. The topological polar surface area (TPSA) is 40.6 Å². The minimum absolute atomic E-state index is 0.107. The summed E-state index contributed by atoms with van der Waals surface area (Å²) < 4.78 is 0. The molecule has 1 aliphatic rings. The summed E-state index contributed by atoms with van der Waals surface area (Å²) >= 11 is 12.0. The number of amides is 2. The van der Waals surface area contributed by atoms with Crippen molar-refractivity contribution in [2.24, 2.45) is 0 Å². The average molecular weight is 357 g/mol. The lowest BCUT2D eigenvalue weighted by Gasteiger charge is -2.35. The van der Waals surface area contributed by atoms with Gasteiger partial charge < -0.3 is 9.80 Å². The summed E-state index contributed by atoms with van der Waals surface area (Å²) in [5.74, 6) is 0.0832. The standard InChI is InChI=1S/C17H22Cl2N2O2/c1-2-3-4-5-16(22)20-8-10-21(11-9-20)17(23)14-7-6-13(18)12-15(14)19/h6-7,12H,2-5,8-11H2,1H3. The molecule has 1 saturated heterocycles. The van der Waals surface area contributed by atoms with Crippen LogP contribution in [0.15, 0.2) is 18.2 Å². The van der Waals surface area contributed by atoms with Gasteiger partial charge in [0.2, 0.25) is 5.91 Å². The van der Waals surface area contributed by atoms with Crippen molar-refractivity contribution in [3.05, 3.63) is 33.8 Å². The first-order valence-corrected chi connectivity index (χ1v) is 8.80. The molecule has 1 aromatic carbocycles. The van der Waals surface area contributed by atoms with Gasteiger partial charge in [-0.3, -0.25) is 9.59 Å². The monoisotopic (exact) mass is 356 g/mol. The third-order valence-corrected chi connectivity index (χ3v) is 4.62. The lowest BCUT2D eigenvalue weighted by atomic mass is 10.1. The van der Waals surface area contributed by atoms with Gasteiger partial charge in [-0.1, -0.05) is 43.0 Å². The molecule has 0 atom stereocenters. The number of piperazine rings is 1. The second-order valence-electron chi connectivity index (χ2n) is 5.75. The van der Waals surface area contributed by atoms with Gasteiger partial charge >= 0.3 is 0 Å². The molecule has 0 spiro atoms. The molecule has 0 bridgehead atoms. The largest absolute Gasteiger partial charge is 0.339 e. The molecular formula is C17H22Cl2N2O2. The van der Waals surface area contributed by atoms with E-state index in [4.69, 9.17) is 23.2 Å². The van der Waals surface area contributed by atoms with Crippen LogP contribution in [0.5, 0.6) is 0 Å². The normalized spacial score (nSPS) is 14.9. The van der Waals surface area contributed by atoms with Crippen LogP contribution in [-0.4, -0.2) is 47.8 Å². The number of nitrogens with zero attached hydrogens (tertiary/aromatic N) is 2. The molecule has 1 aliphatic heterocycles. The summed E-state index contributed by atoms with van der Waals surface area (Å²) in [5.41, 5.74) is 0.457. The minimum Gasteiger partial charge on any atom is -0.339 e. The molecule has 23 heavy (non-hydrogen) atoms. The summed E-state index contributed by atoms with van der Waals surface area (Å²) in [6, 6.07) is 4.88. The van der Waals surface area contributed by atoms with E-state index in [0.29, 0.717) is 48.2 Å². The number of hydrogen-bond acceptors (Lipinski definition) is 2. The fraction of sp³-hybridized carbons (Fsp3) is 0.529. The fourth-order valence-electron chi connectivity index (χ4n) is 2.68. The molecule has 1 aromatic rings. The van der Waals surface area contributed by atoms with Gasteiger partial charge in [-0.25, -0.2) is 0 Å². The number of unbranched alkanes of at least 4 members (excludes halogenated alkanes) is 2. The zero-order valence-corrected chi connectivity index (χ0v) is 14.9. The number of benzene rings is 1. The maximum atomic E-state index is 12.5. The van der Waals surface area contributed by atoms with Crippen LogP contribution in [0.1, 0.15) is 43.0 Å². The summed E-state index contributed by atoms with van der Waals surface area (Å²) in [6.45, 7) is 4.37. The van der Waals surface area contributed by atoms with Crippen LogP contribution in [0.2, 0.25) is 10.0 Å². The average Bonchev–Trinajstić information content (AvgIpc) is 2.54. The Labute approximate surface area is 147 Å². The lowest BCUT2D eigenvalue weighted by molar-refractivity contribution is -0.132. The van der Waals surface area contributed by atoms with E-state index < -0.39 is 0 Å². The Morgan fingerprint density at radius 3 is 2.30 bits per heavy atom. The molecule has 126 valence electrons. The van der Waals surface area contributed by atoms with E-state index >= 15 is 0 Å². The summed E-state index contributed by atoms with van der Waals surface area (Å²) in [6.07, 6.45) is 3.73. The molecule has 0 radical (unpaired) electrons. The Bertz CT molecular complexity index is 570. The van der Waals surface area contributed by atoms with Gasteiger partial charge in [-0.2, -0.15) is 0 Å². The first kappa shape index (κ1) is 18.1. The predicted octanol–water partition coefficient (Wildman–Crippen LogP) is 3.86. The summed E-state index contributed by atoms with van der Waals surface area (Å²) in [7, 11) is 0. The maximum absolute atomic E-state index is 12.5. The zero-order chi connectivity index (χ0) is 16.8. The molecule has 0 saturated carbocycles. The molecule has 0 aliphatic carbocycles. The molecular weight excluding hydrogens is 335 g/mol. The van der Waals surface area contributed by atoms with Gasteiger partial charge in [0, 0.05) is 37.6 Å². The van der Waals surface area contributed by atoms with Gasteiger partial charge in [-0.15, -0.1) is 0 Å². The Hall–Kier alpha value is -1.26. The first-order chi connectivity index (χ1) is 11.0. The van der Waals surface area contributed by atoms with Crippen molar-refractivity contribution in [1.29, 1.82) is 0 Å². The third-order valence-electron chi connectivity index (χ3n) is 4.08. The predicted molar refractivity (Wildman–Crippen MR) is 93.1 cm³/mol. The fourth-order valence-corrected chi connectivity index (χ4v) is 3.17. The SMILES string of the molecule is CCCCCC(=O)N1CCN(C(=O)c2ccc(Cl)cc2Cl)CC1. The number of carbonyl (C=O) groups is 2. The van der Waals surface area contributed by atoms with Crippen LogP contribution in [0, 0.1) is 0 Å². The van der Waals surface area contributed by atoms with Gasteiger partial charge in [0.25, 0.3) is 5.91 Å². The van der Waals surface area contributed by atoms with E-state index in [1.54, 1.807) is 23.1 Å². The first-order valence-electron chi connectivity index (χ1n) is 8.05. The molecule has 6 heteroatoms. The van der Waals surface area contributed by atoms with Gasteiger partial charge in [0.1, 0.15) is 0 Å². The quantitative estimate of drug-likeness (QED) is 0.751. The van der Waals surface area contributed by atoms with Crippen LogP contribution < -0.4 is 0 Å². The second kappa shape index (κ2) is 8.55. The summed E-state index contributed by atoms with van der Waals surface area (Å²) in [4.78, 5) is 28.2. The van der Waals surface area contributed by atoms with Crippen molar-refractivity contribution in [1.82, 2.24) is 9.80 Å². The molecule has 1 heterocycles. The van der Waals surface area contributed by atoms with Gasteiger partial charge in [0.05, 0.1) is 10.6 Å². The molecule has 1 fully saturated rings. The zero-order valence-electron chi connectivity index (χ0n) is 13.4. The van der Waals surface area contributed by atoms with Gasteiger partial charge in [-0.05, 0) is 24.6 Å². The Morgan fingerprint density at radius 1 is 1.04 bits per heavy atom. The molecule has 4 nitrogen and oxygen atoms in total. The van der Waals surface area contributed by atoms with Crippen LogP contribution in [0.4, 0.5) is 0 Å². The minimum atomic E-state index is -0.107. The Morgan fingerprint density at radius 2 is 1.70 bits per heavy atom. The number of rotatable bonds is 5. The highest BCUT2D eigenvalue weighted by Crippen LogP contribution is 2.23. The maximum Gasteiger partial charge on any atom is 0.255 e. The van der Waals surface area contributed by atoms with E-state index in [9.17, 15) is 9.59 Å². The number of halogens is 2. The van der Waals surface area contributed by atoms with E-state index in [1.165, 1.54) is 0 Å². The third kappa shape index (κ3) is 4.85. The van der Waals surface area contributed by atoms with Crippen LogP contribution in [-0.2, 0) is 4.79 Å². The number of hydrogen-bond donors (Lipinski definition) is 0. The van der Waals surface area contributed by atoms with Crippen molar-refractivity contribution < 1.29 is 9.59 Å². The van der Waals surface area contributed by atoms with Crippen LogP contribution in [0.25, 0.3) is 0 Å². The van der Waals surface area contributed by atoms with E-state index in [-0.39, 0.29) is 11.8 Å². The molecule has 0 unspecified atom stereocenters. The van der Waals surface area contributed by atoms with Crippen molar-refractivity contribution in [2.45, 2.75) is 32.6 Å². The second-order valence-corrected chi connectivity index (χ2v) is 6.60. The highest BCUT2D eigenvalue weighted by atomic mass is 35.5. The van der Waals surface area contributed by atoms with Crippen molar-refractivity contribution in [2.75, 3.05) is 26.2 Å². The van der Waals surface area contributed by atoms with Crippen LogP contribution in [0.3, 0.4) is 0 Å². The van der Waals surface area contributed by atoms with Crippen molar-refractivity contribution in [3.63, 3.8) is 0 Å². The smallest absolute Gasteiger partial charge is 0.255 e. The van der Waals surface area contributed by atoms with Crippen molar-refractivity contribution in [3.8, 4) is 0 Å². The number of carbonyl (C=O) groups excluding carboxylic acids is 2. The molecule has 0 N–H and O–H groups in total. The van der Waals surface area contributed by atoms with E-state index in [1.807, 2.05) is 4.90 Å². The Kier molecular flexibility index (Phi) is 6.72. The Balaban J connectivity index is 1.88. The van der Waals surface area contributed by atoms with Crippen molar-refractivity contribution >= 4 is 35.0 Å². The molecule has 0 aromatic heterocycles. The van der Waals surface area contributed by atoms with Gasteiger partial charge in [0.15, 0.2) is 0 Å². The van der Waals surface area contributed by atoms with Crippen LogP contribution >= 0.6 is 23.2 Å².